The molecule has 0 atom stereocenters. The lowest BCUT2D eigenvalue weighted by Crippen LogP contribution is -2.33. The summed E-state index contributed by atoms with van der Waals surface area (Å²) >= 11 is 0. The minimum absolute atomic E-state index is 0.0458. The summed E-state index contributed by atoms with van der Waals surface area (Å²) < 4.78 is 6.59. The van der Waals surface area contributed by atoms with Gasteiger partial charge in [0.2, 0.25) is 0 Å². The molecular formula is C13H18N2O3. The maximum absolute atomic E-state index is 11.4. The zero-order valence-corrected chi connectivity index (χ0v) is 10.9. The van der Waals surface area contributed by atoms with Crippen molar-refractivity contribution in [3.63, 3.8) is 0 Å². The summed E-state index contributed by atoms with van der Waals surface area (Å²) in [6.07, 6.45) is 0. The van der Waals surface area contributed by atoms with Gasteiger partial charge in [0.05, 0.1) is 12.2 Å². The van der Waals surface area contributed by atoms with Crippen molar-refractivity contribution in [3.05, 3.63) is 34.3 Å². The average Bonchev–Trinajstić information content (AvgIpc) is 2.62. The SMILES string of the molecule is Cn1c(=O)oc2ccc(C(C)(C)CNCO)cc21. The second kappa shape index (κ2) is 4.59. The third-order valence-electron chi connectivity index (χ3n) is 3.25. The van der Waals surface area contributed by atoms with Gasteiger partial charge in [-0.15, -0.1) is 0 Å². The summed E-state index contributed by atoms with van der Waals surface area (Å²) in [7, 11) is 1.69. The van der Waals surface area contributed by atoms with Gasteiger partial charge in [0.25, 0.3) is 0 Å². The van der Waals surface area contributed by atoms with Crippen LogP contribution in [0.3, 0.4) is 0 Å². The summed E-state index contributed by atoms with van der Waals surface area (Å²) in [5.41, 5.74) is 2.34. The number of aliphatic hydroxyl groups excluding tert-OH is 1. The Labute approximate surface area is 105 Å². The fourth-order valence-corrected chi connectivity index (χ4v) is 2.02. The quantitative estimate of drug-likeness (QED) is 0.793. The monoisotopic (exact) mass is 250 g/mol. The van der Waals surface area contributed by atoms with Crippen molar-refractivity contribution in [1.29, 1.82) is 0 Å². The van der Waals surface area contributed by atoms with Crippen LogP contribution >= 0.6 is 0 Å². The summed E-state index contributed by atoms with van der Waals surface area (Å²) in [5, 5.41) is 11.7. The van der Waals surface area contributed by atoms with Crippen molar-refractivity contribution in [3.8, 4) is 0 Å². The maximum atomic E-state index is 11.4. The van der Waals surface area contributed by atoms with Gasteiger partial charge in [0.1, 0.15) is 0 Å². The van der Waals surface area contributed by atoms with Gasteiger partial charge in [0.15, 0.2) is 5.58 Å². The number of aryl methyl sites for hydroxylation is 1. The largest absolute Gasteiger partial charge is 0.419 e. The fourth-order valence-electron chi connectivity index (χ4n) is 2.02. The summed E-state index contributed by atoms with van der Waals surface area (Å²) in [5.74, 6) is -0.353. The smallest absolute Gasteiger partial charge is 0.408 e. The third kappa shape index (κ3) is 2.19. The van der Waals surface area contributed by atoms with Crippen LogP contribution in [-0.2, 0) is 12.5 Å². The average molecular weight is 250 g/mol. The number of aromatic nitrogens is 1. The van der Waals surface area contributed by atoms with Gasteiger partial charge in [-0.3, -0.25) is 9.88 Å². The Morgan fingerprint density at radius 1 is 1.44 bits per heavy atom. The Balaban J connectivity index is 2.46. The van der Waals surface area contributed by atoms with E-state index in [-0.39, 0.29) is 17.9 Å². The van der Waals surface area contributed by atoms with Crippen LogP contribution in [0.15, 0.2) is 27.4 Å². The first kappa shape index (κ1) is 12.9. The van der Waals surface area contributed by atoms with Crippen molar-refractivity contribution in [1.82, 2.24) is 9.88 Å². The van der Waals surface area contributed by atoms with Gasteiger partial charge in [-0.25, -0.2) is 4.79 Å². The molecule has 0 saturated heterocycles. The number of nitrogens with zero attached hydrogens (tertiary/aromatic N) is 1. The van der Waals surface area contributed by atoms with E-state index < -0.39 is 0 Å². The zero-order chi connectivity index (χ0) is 13.3. The number of nitrogens with one attached hydrogen (secondary N) is 1. The Hall–Kier alpha value is -1.59. The molecule has 1 aromatic carbocycles. The molecule has 0 radical (unpaired) electrons. The molecule has 1 aromatic heterocycles. The molecule has 2 rings (SSSR count). The van der Waals surface area contributed by atoms with E-state index >= 15 is 0 Å². The molecule has 0 aliphatic rings. The van der Waals surface area contributed by atoms with E-state index in [2.05, 4.69) is 19.2 Å². The third-order valence-corrected chi connectivity index (χ3v) is 3.25. The van der Waals surface area contributed by atoms with Crippen LogP contribution in [0.4, 0.5) is 0 Å². The Bertz CT molecular complexity index is 610. The van der Waals surface area contributed by atoms with Crippen LogP contribution < -0.4 is 11.1 Å². The van der Waals surface area contributed by atoms with Gasteiger partial charge in [-0.05, 0) is 17.7 Å². The first-order valence-electron chi connectivity index (χ1n) is 5.87. The molecule has 18 heavy (non-hydrogen) atoms. The number of aliphatic hydroxyl groups is 1. The predicted octanol–water partition coefficient (Wildman–Crippen LogP) is 0.948. The van der Waals surface area contributed by atoms with E-state index in [0.717, 1.165) is 11.1 Å². The molecule has 0 aliphatic carbocycles. The van der Waals surface area contributed by atoms with Crippen LogP contribution in [0.25, 0.3) is 11.1 Å². The highest BCUT2D eigenvalue weighted by Crippen LogP contribution is 2.25. The predicted molar refractivity (Wildman–Crippen MR) is 69.6 cm³/mol. The number of rotatable bonds is 4. The van der Waals surface area contributed by atoms with Gasteiger partial charge in [-0.1, -0.05) is 19.9 Å². The number of hydrogen-bond acceptors (Lipinski definition) is 4. The molecular weight excluding hydrogens is 232 g/mol. The highest BCUT2D eigenvalue weighted by molar-refractivity contribution is 5.74. The summed E-state index contributed by atoms with van der Waals surface area (Å²) in [6, 6.07) is 5.72. The number of hydrogen-bond donors (Lipinski definition) is 2. The van der Waals surface area contributed by atoms with E-state index in [9.17, 15) is 4.79 Å². The molecule has 0 aliphatic heterocycles. The van der Waals surface area contributed by atoms with Crippen LogP contribution in [0.1, 0.15) is 19.4 Å². The van der Waals surface area contributed by atoms with E-state index in [0.29, 0.717) is 12.1 Å². The number of fused-ring (bicyclic) bond motifs is 1. The molecule has 0 spiro atoms. The Morgan fingerprint density at radius 3 is 2.83 bits per heavy atom. The van der Waals surface area contributed by atoms with Crippen molar-refractivity contribution < 1.29 is 9.52 Å². The van der Waals surface area contributed by atoms with E-state index in [1.165, 1.54) is 4.57 Å². The highest BCUT2D eigenvalue weighted by atomic mass is 16.4. The molecule has 98 valence electrons. The molecule has 5 nitrogen and oxygen atoms in total. The van der Waals surface area contributed by atoms with E-state index in [4.69, 9.17) is 9.52 Å². The maximum Gasteiger partial charge on any atom is 0.419 e. The summed E-state index contributed by atoms with van der Waals surface area (Å²) in [4.78, 5) is 11.4. The molecule has 2 N–H and O–H groups in total. The van der Waals surface area contributed by atoms with Crippen molar-refractivity contribution in [2.24, 2.45) is 7.05 Å². The lowest BCUT2D eigenvalue weighted by Gasteiger charge is -2.25. The highest BCUT2D eigenvalue weighted by Gasteiger charge is 2.21. The minimum atomic E-state index is -0.353. The van der Waals surface area contributed by atoms with Crippen molar-refractivity contribution >= 4 is 11.1 Å². The molecule has 2 aromatic rings. The molecule has 0 saturated carbocycles. The van der Waals surface area contributed by atoms with Gasteiger partial charge < -0.3 is 9.52 Å². The fraction of sp³-hybridized carbons (Fsp3) is 0.462. The van der Waals surface area contributed by atoms with Crippen LogP contribution in [0.2, 0.25) is 0 Å². The van der Waals surface area contributed by atoms with Crippen LogP contribution in [0.5, 0.6) is 0 Å². The standard InChI is InChI=1S/C13H18N2O3/c1-13(2,7-14-8-16)9-4-5-11-10(6-9)15(3)12(17)18-11/h4-6,14,16H,7-8H2,1-3H3. The van der Waals surface area contributed by atoms with Crippen molar-refractivity contribution in [2.45, 2.75) is 19.3 Å². The zero-order valence-electron chi connectivity index (χ0n) is 10.9. The van der Waals surface area contributed by atoms with E-state index in [1.807, 2.05) is 18.2 Å². The Kier molecular flexibility index (Phi) is 3.28. The minimum Gasteiger partial charge on any atom is -0.408 e. The molecule has 1 heterocycles. The van der Waals surface area contributed by atoms with Gasteiger partial charge >= 0.3 is 5.76 Å². The van der Waals surface area contributed by atoms with E-state index in [1.54, 1.807) is 7.05 Å². The molecule has 0 unspecified atom stereocenters. The first-order chi connectivity index (χ1) is 8.45. The number of oxazole rings is 1. The van der Waals surface area contributed by atoms with Gasteiger partial charge in [0, 0.05) is 19.0 Å². The van der Waals surface area contributed by atoms with Crippen molar-refractivity contribution in [2.75, 3.05) is 13.3 Å². The topological polar surface area (TPSA) is 67.4 Å². The second-order valence-corrected chi connectivity index (χ2v) is 5.08. The van der Waals surface area contributed by atoms with Gasteiger partial charge in [-0.2, -0.15) is 0 Å². The lowest BCUT2D eigenvalue weighted by atomic mass is 9.84. The molecule has 5 heteroatoms. The molecule has 0 bridgehead atoms. The second-order valence-electron chi connectivity index (χ2n) is 5.08. The molecule has 0 amide bonds. The normalized spacial score (nSPS) is 12.2. The first-order valence-corrected chi connectivity index (χ1v) is 5.87. The van der Waals surface area contributed by atoms with Crippen LogP contribution in [-0.4, -0.2) is 22.9 Å². The Morgan fingerprint density at radius 2 is 2.17 bits per heavy atom. The molecule has 0 fully saturated rings. The summed E-state index contributed by atoms with van der Waals surface area (Å²) in [6.45, 7) is 4.76. The lowest BCUT2D eigenvalue weighted by molar-refractivity contribution is 0.247. The number of benzene rings is 1. The van der Waals surface area contributed by atoms with Crippen LogP contribution in [0, 0.1) is 0 Å².